The van der Waals surface area contributed by atoms with Gasteiger partial charge in [-0.3, -0.25) is 4.90 Å². The fourth-order valence-electron chi connectivity index (χ4n) is 6.14. The Morgan fingerprint density at radius 2 is 1.68 bits per heavy atom. The number of likely N-dealkylation sites (tertiary alicyclic amines) is 1. The van der Waals surface area contributed by atoms with E-state index in [0.717, 1.165) is 49.3 Å². The summed E-state index contributed by atoms with van der Waals surface area (Å²) in [5.41, 5.74) is 4.00. The second-order valence-electron chi connectivity index (χ2n) is 10.3. The highest BCUT2D eigenvalue weighted by atomic mass is 16.5. The lowest BCUT2D eigenvalue weighted by Gasteiger charge is -2.36. The lowest BCUT2D eigenvalue weighted by molar-refractivity contribution is 0.122. The summed E-state index contributed by atoms with van der Waals surface area (Å²) in [4.78, 5) is 14.6. The van der Waals surface area contributed by atoms with E-state index in [1.165, 1.54) is 68.1 Å². The van der Waals surface area contributed by atoms with Crippen molar-refractivity contribution in [3.05, 3.63) is 41.3 Å². The second-order valence-corrected chi connectivity index (χ2v) is 10.3. The van der Waals surface area contributed by atoms with E-state index < -0.39 is 0 Å². The first-order valence-corrected chi connectivity index (χ1v) is 13.1. The largest absolute Gasteiger partial charge is 0.380 e. The average molecular weight is 461 g/mol. The molecule has 0 saturated carbocycles. The molecule has 6 rings (SSSR count). The van der Waals surface area contributed by atoms with E-state index in [2.05, 4.69) is 34.9 Å². The standard InChI is InChI=1S/C27H36N6O/c1-19-14-22-17-28-33(27-16-26(29-20(2)30-27)32-9-4-3-5-10-32)25(22)15-24(19)21-6-11-31(12-7-21)23-8-13-34-18-23/h14-17,21,23H,3-13,18H2,1-2H3. The Kier molecular flexibility index (Phi) is 5.99. The average Bonchev–Trinajstić information content (AvgIpc) is 3.54. The van der Waals surface area contributed by atoms with E-state index >= 15 is 0 Å². The Morgan fingerprint density at radius 1 is 0.882 bits per heavy atom. The zero-order chi connectivity index (χ0) is 23.1. The zero-order valence-electron chi connectivity index (χ0n) is 20.5. The van der Waals surface area contributed by atoms with E-state index in [1.807, 2.05) is 17.8 Å². The summed E-state index contributed by atoms with van der Waals surface area (Å²) in [6.07, 6.45) is 9.37. The van der Waals surface area contributed by atoms with Gasteiger partial charge in [-0.05, 0) is 94.6 Å². The van der Waals surface area contributed by atoms with Crippen LogP contribution < -0.4 is 4.90 Å². The molecule has 7 nitrogen and oxygen atoms in total. The first-order chi connectivity index (χ1) is 16.7. The maximum Gasteiger partial charge on any atom is 0.159 e. The van der Waals surface area contributed by atoms with Crippen LogP contribution in [0.3, 0.4) is 0 Å². The van der Waals surface area contributed by atoms with Crippen molar-refractivity contribution in [2.45, 2.75) is 64.3 Å². The van der Waals surface area contributed by atoms with E-state index in [-0.39, 0.29) is 0 Å². The molecule has 1 aromatic carbocycles. The molecule has 3 aliphatic heterocycles. The first-order valence-electron chi connectivity index (χ1n) is 13.1. The molecule has 0 spiro atoms. The van der Waals surface area contributed by atoms with E-state index in [9.17, 15) is 0 Å². The van der Waals surface area contributed by atoms with Crippen LogP contribution in [0.15, 0.2) is 24.4 Å². The van der Waals surface area contributed by atoms with Gasteiger partial charge in [-0.2, -0.15) is 5.10 Å². The molecule has 0 amide bonds. The molecule has 3 fully saturated rings. The Bertz CT molecular complexity index is 1150. The van der Waals surface area contributed by atoms with Crippen LogP contribution in [0.1, 0.15) is 61.4 Å². The van der Waals surface area contributed by atoms with Crippen molar-refractivity contribution < 1.29 is 4.74 Å². The summed E-state index contributed by atoms with van der Waals surface area (Å²) in [5, 5.41) is 5.95. The van der Waals surface area contributed by atoms with Gasteiger partial charge in [0, 0.05) is 37.2 Å². The van der Waals surface area contributed by atoms with E-state index in [1.54, 1.807) is 0 Å². The predicted octanol–water partition coefficient (Wildman–Crippen LogP) is 4.39. The van der Waals surface area contributed by atoms with Crippen LogP contribution in [0.25, 0.3) is 16.7 Å². The number of benzene rings is 1. The quantitative estimate of drug-likeness (QED) is 0.576. The van der Waals surface area contributed by atoms with Crippen LogP contribution in [0.5, 0.6) is 0 Å². The lowest BCUT2D eigenvalue weighted by Crippen LogP contribution is -2.41. The summed E-state index contributed by atoms with van der Waals surface area (Å²) in [6, 6.07) is 7.44. The third kappa shape index (κ3) is 4.20. The van der Waals surface area contributed by atoms with Gasteiger partial charge in [0.2, 0.25) is 0 Å². The molecule has 3 aliphatic rings. The second kappa shape index (κ2) is 9.27. The summed E-state index contributed by atoms with van der Waals surface area (Å²) in [7, 11) is 0. The van der Waals surface area contributed by atoms with Crippen molar-refractivity contribution in [2.24, 2.45) is 0 Å². The molecular formula is C27H36N6O. The van der Waals surface area contributed by atoms with E-state index in [0.29, 0.717) is 12.0 Å². The summed E-state index contributed by atoms with van der Waals surface area (Å²) >= 11 is 0. The first kappa shape index (κ1) is 22.0. The summed E-state index contributed by atoms with van der Waals surface area (Å²) in [6.45, 7) is 10.6. The number of fused-ring (bicyclic) bond motifs is 1. The van der Waals surface area contributed by atoms with Crippen molar-refractivity contribution in [3.63, 3.8) is 0 Å². The van der Waals surface area contributed by atoms with Crippen molar-refractivity contribution in [1.82, 2.24) is 24.6 Å². The Hall–Kier alpha value is -2.51. The SMILES string of the molecule is Cc1nc(N2CCCCC2)cc(-n2ncc3cc(C)c(C4CCN(C5CCOC5)CC4)cc32)n1. The molecule has 7 heteroatoms. The van der Waals surface area contributed by atoms with Gasteiger partial charge in [0.25, 0.3) is 0 Å². The van der Waals surface area contributed by atoms with Gasteiger partial charge in [-0.1, -0.05) is 0 Å². The number of aromatic nitrogens is 4. The molecule has 34 heavy (non-hydrogen) atoms. The molecule has 0 N–H and O–H groups in total. The summed E-state index contributed by atoms with van der Waals surface area (Å²) < 4.78 is 7.65. The molecule has 3 saturated heterocycles. The van der Waals surface area contributed by atoms with Crippen LogP contribution in [0, 0.1) is 13.8 Å². The fourth-order valence-corrected chi connectivity index (χ4v) is 6.14. The Balaban J connectivity index is 1.29. The normalized spacial score (nSPS) is 22.6. The number of hydrogen-bond donors (Lipinski definition) is 0. The van der Waals surface area contributed by atoms with Crippen molar-refractivity contribution in [1.29, 1.82) is 0 Å². The molecule has 5 heterocycles. The monoisotopic (exact) mass is 460 g/mol. The molecule has 1 atom stereocenters. The minimum Gasteiger partial charge on any atom is -0.380 e. The number of piperidine rings is 2. The van der Waals surface area contributed by atoms with Crippen molar-refractivity contribution in [3.8, 4) is 5.82 Å². The molecule has 180 valence electrons. The third-order valence-electron chi connectivity index (χ3n) is 8.06. The number of anilines is 1. The van der Waals surface area contributed by atoms with Gasteiger partial charge < -0.3 is 9.64 Å². The Morgan fingerprint density at radius 3 is 2.44 bits per heavy atom. The van der Waals surface area contributed by atoms with Crippen LogP contribution in [0.4, 0.5) is 5.82 Å². The topological polar surface area (TPSA) is 59.3 Å². The van der Waals surface area contributed by atoms with Crippen LogP contribution in [-0.2, 0) is 4.74 Å². The van der Waals surface area contributed by atoms with Crippen LogP contribution in [0.2, 0.25) is 0 Å². The van der Waals surface area contributed by atoms with Crippen molar-refractivity contribution >= 4 is 16.7 Å². The number of nitrogens with zero attached hydrogens (tertiary/aromatic N) is 6. The van der Waals surface area contributed by atoms with Gasteiger partial charge in [-0.15, -0.1) is 0 Å². The third-order valence-corrected chi connectivity index (χ3v) is 8.06. The number of hydrogen-bond acceptors (Lipinski definition) is 6. The smallest absolute Gasteiger partial charge is 0.159 e. The van der Waals surface area contributed by atoms with Crippen LogP contribution in [-0.4, -0.2) is 70.1 Å². The highest BCUT2D eigenvalue weighted by molar-refractivity contribution is 5.82. The molecule has 1 unspecified atom stereocenters. The van der Waals surface area contributed by atoms with Gasteiger partial charge in [0.1, 0.15) is 11.6 Å². The highest BCUT2D eigenvalue weighted by Crippen LogP contribution is 2.34. The molecular weight excluding hydrogens is 424 g/mol. The number of rotatable bonds is 4. The van der Waals surface area contributed by atoms with Crippen LogP contribution >= 0.6 is 0 Å². The molecule has 0 radical (unpaired) electrons. The van der Waals surface area contributed by atoms with Gasteiger partial charge in [0.05, 0.1) is 18.3 Å². The minimum atomic E-state index is 0.599. The molecule has 0 bridgehead atoms. The predicted molar refractivity (Wildman–Crippen MR) is 135 cm³/mol. The number of ether oxygens (including phenoxy) is 1. The lowest BCUT2D eigenvalue weighted by atomic mass is 9.86. The molecule has 3 aromatic rings. The summed E-state index contributed by atoms with van der Waals surface area (Å²) in [5.74, 6) is 3.30. The van der Waals surface area contributed by atoms with Gasteiger partial charge in [0.15, 0.2) is 5.82 Å². The van der Waals surface area contributed by atoms with E-state index in [4.69, 9.17) is 19.8 Å². The zero-order valence-corrected chi connectivity index (χ0v) is 20.5. The number of aryl methyl sites for hydroxylation is 2. The molecule has 2 aromatic heterocycles. The van der Waals surface area contributed by atoms with Gasteiger partial charge in [-0.25, -0.2) is 14.6 Å². The maximum absolute atomic E-state index is 5.63. The fraction of sp³-hybridized carbons (Fsp3) is 0.593. The van der Waals surface area contributed by atoms with Crippen molar-refractivity contribution in [2.75, 3.05) is 44.3 Å². The highest BCUT2D eigenvalue weighted by Gasteiger charge is 2.29. The molecule has 0 aliphatic carbocycles. The maximum atomic E-state index is 5.63. The minimum absolute atomic E-state index is 0.599. The van der Waals surface area contributed by atoms with Gasteiger partial charge >= 0.3 is 0 Å². The Labute approximate surface area is 202 Å².